The lowest BCUT2D eigenvalue weighted by Crippen LogP contribution is -2.42. The molecule has 1 fully saturated rings. The van der Waals surface area contributed by atoms with Crippen molar-refractivity contribution < 1.29 is 9.53 Å². The van der Waals surface area contributed by atoms with Crippen molar-refractivity contribution in [1.29, 1.82) is 0 Å². The molecule has 4 nitrogen and oxygen atoms in total. The van der Waals surface area contributed by atoms with Crippen molar-refractivity contribution in [2.24, 2.45) is 5.92 Å². The molecule has 0 aliphatic carbocycles. The molecule has 1 saturated heterocycles. The van der Waals surface area contributed by atoms with Gasteiger partial charge in [0.25, 0.3) is 0 Å². The van der Waals surface area contributed by atoms with Gasteiger partial charge >= 0.3 is 5.97 Å². The first-order valence-corrected chi connectivity index (χ1v) is 8.70. The van der Waals surface area contributed by atoms with Gasteiger partial charge in [-0.25, -0.2) is 0 Å². The smallest absolute Gasteiger partial charge is 0.309 e. The van der Waals surface area contributed by atoms with Crippen LogP contribution in [-0.4, -0.2) is 35.7 Å². The van der Waals surface area contributed by atoms with Gasteiger partial charge in [0.1, 0.15) is 0 Å². The predicted molar refractivity (Wildman–Crippen MR) is 98.1 cm³/mol. The first-order chi connectivity index (χ1) is 10.9. The molecule has 0 saturated carbocycles. The van der Waals surface area contributed by atoms with E-state index < -0.39 is 0 Å². The number of carbonyl (C=O) groups excluding carboxylic acids is 1. The number of likely N-dealkylation sites (tertiary alicyclic amines) is 1. The lowest BCUT2D eigenvalue weighted by Gasteiger charge is -2.33. The number of aryl methyl sites for hydroxylation is 2. The predicted octanol–water partition coefficient (Wildman–Crippen LogP) is 3.93. The number of hydrogen-bond acceptors (Lipinski definition) is 3. The molecule has 0 atom stereocenters. The molecule has 6 heteroatoms. The van der Waals surface area contributed by atoms with E-state index in [1.165, 1.54) is 0 Å². The fourth-order valence-electron chi connectivity index (χ4n) is 2.84. The number of hydrogen-bond donors (Lipinski definition) is 1. The second-order valence-electron chi connectivity index (χ2n) is 5.88. The molecule has 1 heterocycles. The molecule has 0 bridgehead atoms. The summed E-state index contributed by atoms with van der Waals surface area (Å²) < 4.78 is 5.09. The van der Waals surface area contributed by atoms with Gasteiger partial charge in [-0.2, -0.15) is 0 Å². The van der Waals surface area contributed by atoms with E-state index >= 15 is 0 Å². The van der Waals surface area contributed by atoms with E-state index in [4.69, 9.17) is 28.6 Å². The average molecular weight is 355 g/mol. The lowest BCUT2D eigenvalue weighted by atomic mass is 9.97. The number of thiocarbonyl (C=S) groups is 1. The SMILES string of the molecule is CCOC(=O)C1CCN(C(=S)Nc2c(C)cc(C)cc2Cl)CC1. The highest BCUT2D eigenvalue weighted by molar-refractivity contribution is 7.80. The minimum atomic E-state index is -0.0940. The van der Waals surface area contributed by atoms with Gasteiger partial charge in [-0.1, -0.05) is 17.7 Å². The maximum Gasteiger partial charge on any atom is 0.309 e. The summed E-state index contributed by atoms with van der Waals surface area (Å²) in [5, 5.41) is 4.58. The molecular formula is C17H23ClN2O2S. The van der Waals surface area contributed by atoms with Crippen molar-refractivity contribution in [3.05, 3.63) is 28.3 Å². The van der Waals surface area contributed by atoms with E-state index in [1.807, 2.05) is 26.8 Å². The summed E-state index contributed by atoms with van der Waals surface area (Å²) >= 11 is 11.8. The third kappa shape index (κ3) is 4.58. The Labute approximate surface area is 148 Å². The Bertz CT molecular complexity index is 575. The van der Waals surface area contributed by atoms with Crippen LogP contribution in [0, 0.1) is 19.8 Å². The first kappa shape index (κ1) is 18.0. The van der Waals surface area contributed by atoms with Crippen molar-refractivity contribution in [2.45, 2.75) is 33.6 Å². The van der Waals surface area contributed by atoms with Crippen LogP contribution in [-0.2, 0) is 9.53 Å². The monoisotopic (exact) mass is 354 g/mol. The van der Waals surface area contributed by atoms with Crippen LogP contribution < -0.4 is 5.32 Å². The second-order valence-corrected chi connectivity index (χ2v) is 6.68. The van der Waals surface area contributed by atoms with Crippen molar-refractivity contribution in [3.63, 3.8) is 0 Å². The molecule has 1 aliphatic heterocycles. The minimum Gasteiger partial charge on any atom is -0.466 e. The summed E-state index contributed by atoms with van der Waals surface area (Å²) in [5.74, 6) is -0.109. The summed E-state index contributed by atoms with van der Waals surface area (Å²) in [6.07, 6.45) is 1.53. The van der Waals surface area contributed by atoms with Crippen LogP contribution in [0.2, 0.25) is 5.02 Å². The normalized spacial score (nSPS) is 15.4. The second kappa shape index (κ2) is 7.97. The van der Waals surface area contributed by atoms with E-state index in [0.717, 1.165) is 42.7 Å². The molecule has 1 aliphatic rings. The highest BCUT2D eigenvalue weighted by atomic mass is 35.5. The van der Waals surface area contributed by atoms with E-state index in [9.17, 15) is 4.79 Å². The number of esters is 1. The fraction of sp³-hybridized carbons (Fsp3) is 0.529. The molecule has 0 spiro atoms. The Balaban J connectivity index is 1.95. The Morgan fingerprint density at radius 3 is 2.61 bits per heavy atom. The highest BCUT2D eigenvalue weighted by Crippen LogP contribution is 2.28. The van der Waals surface area contributed by atoms with E-state index in [1.54, 1.807) is 0 Å². The standard InChI is InChI=1S/C17H23ClN2O2S/c1-4-22-16(21)13-5-7-20(8-6-13)17(23)19-15-12(3)9-11(2)10-14(15)18/h9-10,13H,4-8H2,1-3H3,(H,19,23). The van der Waals surface area contributed by atoms with Crippen LogP contribution in [0.5, 0.6) is 0 Å². The van der Waals surface area contributed by atoms with Crippen LogP contribution >= 0.6 is 23.8 Å². The minimum absolute atomic E-state index is 0.0151. The summed E-state index contributed by atoms with van der Waals surface area (Å²) in [6, 6.07) is 4.00. The zero-order chi connectivity index (χ0) is 17.0. The number of nitrogens with zero attached hydrogens (tertiary/aromatic N) is 1. The topological polar surface area (TPSA) is 41.6 Å². The van der Waals surface area contributed by atoms with E-state index in [2.05, 4.69) is 16.3 Å². The number of anilines is 1. The number of benzene rings is 1. The van der Waals surface area contributed by atoms with Crippen molar-refractivity contribution >= 4 is 40.6 Å². The van der Waals surface area contributed by atoms with Gasteiger partial charge in [0.15, 0.2) is 5.11 Å². The quantitative estimate of drug-likeness (QED) is 0.658. The van der Waals surface area contributed by atoms with Crippen molar-refractivity contribution in [3.8, 4) is 0 Å². The Morgan fingerprint density at radius 1 is 1.39 bits per heavy atom. The molecular weight excluding hydrogens is 332 g/mol. The molecule has 1 aromatic rings. The fourth-order valence-corrected chi connectivity index (χ4v) is 3.49. The molecule has 0 unspecified atom stereocenters. The molecule has 0 aromatic heterocycles. The molecule has 126 valence electrons. The van der Waals surface area contributed by atoms with Crippen LogP contribution in [0.15, 0.2) is 12.1 Å². The number of nitrogens with one attached hydrogen (secondary N) is 1. The van der Waals surface area contributed by atoms with Gasteiger partial charge < -0.3 is 15.0 Å². The lowest BCUT2D eigenvalue weighted by molar-refractivity contribution is -0.149. The van der Waals surface area contributed by atoms with Crippen molar-refractivity contribution in [2.75, 3.05) is 25.0 Å². The molecule has 2 rings (SSSR count). The first-order valence-electron chi connectivity index (χ1n) is 7.91. The summed E-state index contributed by atoms with van der Waals surface area (Å²) in [5.41, 5.74) is 3.05. The van der Waals surface area contributed by atoms with Gasteiger partial charge in [-0.05, 0) is 63.0 Å². The van der Waals surface area contributed by atoms with Gasteiger partial charge in [-0.3, -0.25) is 4.79 Å². The molecule has 23 heavy (non-hydrogen) atoms. The third-order valence-corrected chi connectivity index (χ3v) is 4.72. The number of piperidine rings is 1. The van der Waals surface area contributed by atoms with Crippen LogP contribution in [0.1, 0.15) is 30.9 Å². The Morgan fingerprint density at radius 2 is 2.04 bits per heavy atom. The van der Waals surface area contributed by atoms with Gasteiger partial charge in [-0.15, -0.1) is 0 Å². The molecule has 0 amide bonds. The third-order valence-electron chi connectivity index (χ3n) is 4.07. The van der Waals surface area contributed by atoms with Crippen LogP contribution in [0.4, 0.5) is 5.69 Å². The largest absolute Gasteiger partial charge is 0.466 e. The van der Waals surface area contributed by atoms with Gasteiger partial charge in [0.05, 0.1) is 23.2 Å². The maximum atomic E-state index is 11.8. The number of ether oxygens (including phenoxy) is 1. The Hall–Kier alpha value is -1.33. The molecule has 0 radical (unpaired) electrons. The number of rotatable bonds is 3. The van der Waals surface area contributed by atoms with Gasteiger partial charge in [0.2, 0.25) is 0 Å². The summed E-state index contributed by atoms with van der Waals surface area (Å²) in [6.45, 7) is 7.79. The van der Waals surface area contributed by atoms with E-state index in [-0.39, 0.29) is 11.9 Å². The molecule has 1 aromatic carbocycles. The Kier molecular flexibility index (Phi) is 6.25. The summed E-state index contributed by atoms with van der Waals surface area (Å²) in [7, 11) is 0. The van der Waals surface area contributed by atoms with Crippen LogP contribution in [0.3, 0.4) is 0 Å². The zero-order valence-corrected chi connectivity index (χ0v) is 15.4. The maximum absolute atomic E-state index is 11.8. The average Bonchev–Trinajstić information content (AvgIpc) is 2.51. The molecule has 1 N–H and O–H groups in total. The number of carbonyl (C=O) groups is 1. The van der Waals surface area contributed by atoms with E-state index in [0.29, 0.717) is 16.7 Å². The van der Waals surface area contributed by atoms with Crippen LogP contribution in [0.25, 0.3) is 0 Å². The zero-order valence-electron chi connectivity index (χ0n) is 13.8. The summed E-state index contributed by atoms with van der Waals surface area (Å²) in [4.78, 5) is 13.9. The highest BCUT2D eigenvalue weighted by Gasteiger charge is 2.27. The van der Waals surface area contributed by atoms with Gasteiger partial charge in [0, 0.05) is 13.1 Å². The number of halogens is 1. The van der Waals surface area contributed by atoms with Crippen molar-refractivity contribution in [1.82, 2.24) is 4.90 Å².